The number of benzene rings is 2. The molecule has 0 bridgehead atoms. The molecule has 0 atom stereocenters. The topological polar surface area (TPSA) is 66.8 Å². The summed E-state index contributed by atoms with van der Waals surface area (Å²) in [6, 6.07) is 13.7. The Morgan fingerprint density at radius 1 is 1.27 bits per heavy atom. The average Bonchev–Trinajstić information content (AvgIpc) is 2.87. The Hall–Kier alpha value is -2.35. The summed E-state index contributed by atoms with van der Waals surface area (Å²) in [5.41, 5.74) is 1.32. The third kappa shape index (κ3) is 4.24. The highest BCUT2D eigenvalue weighted by Crippen LogP contribution is 2.36. The van der Waals surface area contributed by atoms with E-state index >= 15 is 0 Å². The molecule has 0 spiro atoms. The quantitative estimate of drug-likeness (QED) is 0.593. The first-order valence-electron chi connectivity index (χ1n) is 7.42. The van der Waals surface area contributed by atoms with Crippen LogP contribution in [-0.2, 0) is 9.59 Å². The maximum Gasteiger partial charge on any atom is 0.341 e. The van der Waals surface area contributed by atoms with Gasteiger partial charge in [0.2, 0.25) is 0 Å². The number of thioether (sulfide) groups is 1. The first kappa shape index (κ1) is 18.4. The predicted octanol–water partition coefficient (Wildman–Crippen LogP) is 4.21. The fourth-order valence-electron chi connectivity index (χ4n) is 2.30. The monoisotopic (exact) mass is 405 g/mol. The molecule has 1 fully saturated rings. The molecular formula is C18H12ClNO4S2. The van der Waals surface area contributed by atoms with Crippen LogP contribution >= 0.6 is 35.6 Å². The molecule has 1 saturated heterocycles. The minimum Gasteiger partial charge on any atom is -0.482 e. The van der Waals surface area contributed by atoms with Gasteiger partial charge in [-0.1, -0.05) is 53.8 Å². The van der Waals surface area contributed by atoms with Gasteiger partial charge in [-0.25, -0.2) is 4.79 Å². The van der Waals surface area contributed by atoms with Gasteiger partial charge in [0.15, 0.2) is 10.9 Å². The van der Waals surface area contributed by atoms with Crippen molar-refractivity contribution >= 4 is 63.5 Å². The molecule has 8 heteroatoms. The van der Waals surface area contributed by atoms with E-state index in [-0.39, 0.29) is 5.91 Å². The number of carboxylic acid groups (broad SMARTS) is 1. The number of nitrogens with zero attached hydrogens (tertiary/aromatic N) is 1. The second kappa shape index (κ2) is 7.90. The van der Waals surface area contributed by atoms with Gasteiger partial charge in [0.05, 0.1) is 10.6 Å². The Labute approximate surface area is 164 Å². The highest BCUT2D eigenvalue weighted by atomic mass is 35.5. The van der Waals surface area contributed by atoms with Crippen LogP contribution in [0.15, 0.2) is 53.4 Å². The number of ether oxygens (including phenoxy) is 1. The van der Waals surface area contributed by atoms with Gasteiger partial charge in [0, 0.05) is 5.02 Å². The molecule has 5 nitrogen and oxygen atoms in total. The number of carbonyl (C=O) groups excluding carboxylic acids is 1. The minimum absolute atomic E-state index is 0.237. The van der Waals surface area contributed by atoms with Gasteiger partial charge in [-0.05, 0) is 42.0 Å². The fraction of sp³-hybridized carbons (Fsp3) is 0.0556. The molecule has 0 aromatic heterocycles. The molecule has 2 aromatic carbocycles. The van der Waals surface area contributed by atoms with Crippen LogP contribution in [0.25, 0.3) is 6.08 Å². The van der Waals surface area contributed by atoms with Crippen molar-refractivity contribution in [3.05, 3.63) is 64.0 Å². The normalized spacial score (nSPS) is 15.6. The van der Waals surface area contributed by atoms with Crippen LogP contribution in [0.2, 0.25) is 5.02 Å². The van der Waals surface area contributed by atoms with E-state index in [1.807, 2.05) is 0 Å². The van der Waals surface area contributed by atoms with Gasteiger partial charge in [-0.3, -0.25) is 9.69 Å². The highest BCUT2D eigenvalue weighted by molar-refractivity contribution is 8.27. The second-order valence-corrected chi connectivity index (χ2v) is 7.36. The number of carbonyl (C=O) groups is 2. The van der Waals surface area contributed by atoms with E-state index in [2.05, 4.69) is 0 Å². The standard InChI is InChI=1S/C18H12ClNO4S2/c19-12-4-2-5-13(9-12)20-17(23)15(26-18(20)25)8-11-3-1-6-14(7-11)24-10-16(21)22/h1-9H,10H2,(H,21,22). The van der Waals surface area contributed by atoms with Gasteiger partial charge in [0.1, 0.15) is 5.75 Å². The molecule has 1 aliphatic heterocycles. The van der Waals surface area contributed by atoms with Crippen LogP contribution in [-0.4, -0.2) is 27.9 Å². The Morgan fingerprint density at radius 2 is 2.04 bits per heavy atom. The summed E-state index contributed by atoms with van der Waals surface area (Å²) in [6.45, 7) is -0.430. The molecule has 0 radical (unpaired) electrons. The van der Waals surface area contributed by atoms with Gasteiger partial charge in [-0.15, -0.1) is 0 Å². The molecule has 1 aliphatic rings. The third-order valence-electron chi connectivity index (χ3n) is 3.38. The van der Waals surface area contributed by atoms with E-state index in [1.54, 1.807) is 54.6 Å². The number of anilines is 1. The van der Waals surface area contributed by atoms with Crippen molar-refractivity contribution in [2.45, 2.75) is 0 Å². The van der Waals surface area contributed by atoms with Crippen molar-refractivity contribution in [1.82, 2.24) is 0 Å². The largest absolute Gasteiger partial charge is 0.482 e. The van der Waals surface area contributed by atoms with E-state index < -0.39 is 12.6 Å². The van der Waals surface area contributed by atoms with Crippen LogP contribution in [0.5, 0.6) is 5.75 Å². The fourth-order valence-corrected chi connectivity index (χ4v) is 3.78. The Morgan fingerprint density at radius 3 is 2.77 bits per heavy atom. The van der Waals surface area contributed by atoms with E-state index in [0.717, 1.165) is 0 Å². The van der Waals surface area contributed by atoms with Crippen molar-refractivity contribution in [2.75, 3.05) is 11.5 Å². The zero-order chi connectivity index (χ0) is 18.7. The molecule has 26 heavy (non-hydrogen) atoms. The SMILES string of the molecule is O=C(O)COc1cccc(C=C2SC(=S)N(c3cccc(Cl)c3)C2=O)c1. The molecule has 3 rings (SSSR count). The smallest absolute Gasteiger partial charge is 0.341 e. The lowest BCUT2D eigenvalue weighted by Crippen LogP contribution is -2.27. The summed E-state index contributed by atoms with van der Waals surface area (Å²) in [5, 5.41) is 9.20. The first-order chi connectivity index (χ1) is 12.4. The Kier molecular flexibility index (Phi) is 5.61. The number of hydrogen-bond donors (Lipinski definition) is 1. The van der Waals surface area contributed by atoms with E-state index in [0.29, 0.717) is 31.2 Å². The van der Waals surface area contributed by atoms with Crippen molar-refractivity contribution in [2.24, 2.45) is 0 Å². The summed E-state index contributed by atoms with van der Waals surface area (Å²) >= 11 is 12.5. The van der Waals surface area contributed by atoms with Gasteiger partial charge in [-0.2, -0.15) is 0 Å². The number of carboxylic acids is 1. The number of aliphatic carboxylic acids is 1. The lowest BCUT2D eigenvalue weighted by molar-refractivity contribution is -0.139. The van der Waals surface area contributed by atoms with Crippen LogP contribution in [0, 0.1) is 0 Å². The Balaban J connectivity index is 1.84. The first-order valence-corrected chi connectivity index (χ1v) is 9.02. The van der Waals surface area contributed by atoms with Crippen LogP contribution in [0.1, 0.15) is 5.56 Å². The number of thiocarbonyl (C=S) groups is 1. The molecule has 0 unspecified atom stereocenters. The van der Waals surface area contributed by atoms with Gasteiger partial charge in [0.25, 0.3) is 5.91 Å². The Bertz CT molecular complexity index is 929. The second-order valence-electron chi connectivity index (χ2n) is 5.25. The summed E-state index contributed by atoms with van der Waals surface area (Å²) in [5.74, 6) is -0.886. The summed E-state index contributed by atoms with van der Waals surface area (Å²) in [7, 11) is 0. The van der Waals surface area contributed by atoms with Crippen LogP contribution < -0.4 is 9.64 Å². The number of rotatable bonds is 5. The van der Waals surface area contributed by atoms with E-state index in [9.17, 15) is 9.59 Å². The highest BCUT2D eigenvalue weighted by Gasteiger charge is 2.33. The van der Waals surface area contributed by atoms with Crippen LogP contribution in [0.3, 0.4) is 0 Å². The van der Waals surface area contributed by atoms with Crippen LogP contribution in [0.4, 0.5) is 5.69 Å². The number of halogens is 1. The maximum atomic E-state index is 12.7. The number of amides is 1. The third-order valence-corrected chi connectivity index (χ3v) is 4.92. The lowest BCUT2D eigenvalue weighted by atomic mass is 10.2. The predicted molar refractivity (Wildman–Crippen MR) is 107 cm³/mol. The molecule has 1 amide bonds. The molecule has 1 N–H and O–H groups in total. The maximum absolute atomic E-state index is 12.7. The van der Waals surface area contributed by atoms with Crippen molar-refractivity contribution < 1.29 is 19.4 Å². The molecule has 0 saturated carbocycles. The summed E-state index contributed by atoms with van der Waals surface area (Å²) < 4.78 is 5.57. The zero-order valence-corrected chi connectivity index (χ0v) is 15.6. The van der Waals surface area contributed by atoms with Gasteiger partial charge >= 0.3 is 5.97 Å². The molecular weight excluding hydrogens is 394 g/mol. The zero-order valence-electron chi connectivity index (χ0n) is 13.2. The molecule has 132 valence electrons. The minimum atomic E-state index is -1.06. The van der Waals surface area contributed by atoms with E-state index in [4.69, 9.17) is 33.7 Å². The van der Waals surface area contributed by atoms with Crippen molar-refractivity contribution in [1.29, 1.82) is 0 Å². The molecule has 1 heterocycles. The summed E-state index contributed by atoms with van der Waals surface area (Å²) in [4.78, 5) is 25.2. The molecule has 0 aliphatic carbocycles. The average molecular weight is 406 g/mol. The summed E-state index contributed by atoms with van der Waals surface area (Å²) in [6.07, 6.45) is 1.69. The number of hydrogen-bond acceptors (Lipinski definition) is 5. The van der Waals surface area contributed by atoms with Crippen molar-refractivity contribution in [3.8, 4) is 5.75 Å². The molecule has 2 aromatic rings. The van der Waals surface area contributed by atoms with Crippen molar-refractivity contribution in [3.63, 3.8) is 0 Å². The van der Waals surface area contributed by atoms with Gasteiger partial charge < -0.3 is 9.84 Å². The lowest BCUT2D eigenvalue weighted by Gasteiger charge is -2.14. The van der Waals surface area contributed by atoms with E-state index in [1.165, 1.54) is 16.7 Å².